The minimum absolute atomic E-state index is 0.0412. The zero-order valence-corrected chi connectivity index (χ0v) is 9.79. The van der Waals surface area contributed by atoms with E-state index in [2.05, 4.69) is 4.98 Å². The van der Waals surface area contributed by atoms with Gasteiger partial charge in [0.15, 0.2) is 0 Å². The molecule has 0 amide bonds. The fourth-order valence-electron chi connectivity index (χ4n) is 1.50. The summed E-state index contributed by atoms with van der Waals surface area (Å²) >= 11 is 5.76. The molecule has 1 aromatic heterocycles. The van der Waals surface area contributed by atoms with Crippen LogP contribution in [-0.4, -0.2) is 15.7 Å². The number of hydrogen-bond donors (Lipinski definition) is 0. The Bertz CT molecular complexity index is 614. The number of benzene rings is 1. The van der Waals surface area contributed by atoms with E-state index in [1.165, 1.54) is 30.6 Å². The van der Waals surface area contributed by atoms with Crippen molar-refractivity contribution in [3.8, 4) is 0 Å². The molecule has 0 bridgehead atoms. The Kier molecular flexibility index (Phi) is 3.34. The number of hydrogen-bond acceptors (Lipinski definition) is 4. The van der Waals surface area contributed by atoms with Crippen LogP contribution >= 0.6 is 11.6 Å². The van der Waals surface area contributed by atoms with Gasteiger partial charge < -0.3 is 0 Å². The molecule has 1 aromatic carbocycles. The van der Waals surface area contributed by atoms with Gasteiger partial charge in [-0.3, -0.25) is 19.9 Å². The van der Waals surface area contributed by atoms with Gasteiger partial charge in [-0.05, 0) is 24.3 Å². The van der Waals surface area contributed by atoms with Crippen LogP contribution in [0, 0.1) is 10.1 Å². The fraction of sp³-hybridized carbons (Fsp3) is 0. The molecule has 0 spiro atoms. The standard InChI is InChI=1S/C12H7ClN2O3/c13-9-3-4-11(15(17)18)10(6-9)12(16)8-2-1-5-14-7-8/h1-7H. The third-order valence-corrected chi connectivity index (χ3v) is 2.56. The Hall–Kier alpha value is -2.27. The topological polar surface area (TPSA) is 73.1 Å². The van der Waals surface area contributed by atoms with Crippen molar-refractivity contribution < 1.29 is 9.72 Å². The van der Waals surface area contributed by atoms with Crippen molar-refractivity contribution in [3.05, 3.63) is 69.0 Å². The van der Waals surface area contributed by atoms with E-state index in [9.17, 15) is 14.9 Å². The van der Waals surface area contributed by atoms with Crippen LogP contribution in [0.3, 0.4) is 0 Å². The number of halogens is 1. The second kappa shape index (κ2) is 4.93. The predicted molar refractivity (Wildman–Crippen MR) is 65.8 cm³/mol. The lowest BCUT2D eigenvalue weighted by molar-refractivity contribution is -0.385. The molecule has 6 heteroatoms. The summed E-state index contributed by atoms with van der Waals surface area (Å²) in [6, 6.07) is 7.00. The van der Waals surface area contributed by atoms with Crippen LogP contribution in [0.2, 0.25) is 5.02 Å². The average Bonchev–Trinajstić information content (AvgIpc) is 2.38. The van der Waals surface area contributed by atoms with Gasteiger partial charge in [-0.15, -0.1) is 0 Å². The minimum atomic E-state index is -0.611. The molecule has 90 valence electrons. The van der Waals surface area contributed by atoms with Crippen LogP contribution in [0.1, 0.15) is 15.9 Å². The fourth-order valence-corrected chi connectivity index (χ4v) is 1.67. The van der Waals surface area contributed by atoms with Gasteiger partial charge in [-0.1, -0.05) is 11.6 Å². The van der Waals surface area contributed by atoms with Crippen LogP contribution in [0.25, 0.3) is 0 Å². The van der Waals surface area contributed by atoms with Crippen molar-refractivity contribution in [3.63, 3.8) is 0 Å². The van der Waals surface area contributed by atoms with Crippen molar-refractivity contribution in [2.45, 2.75) is 0 Å². The number of nitro benzene ring substituents is 1. The quantitative estimate of drug-likeness (QED) is 0.484. The molecule has 0 unspecified atom stereocenters. The number of ketones is 1. The summed E-state index contributed by atoms with van der Waals surface area (Å²) in [6.45, 7) is 0. The first-order valence-electron chi connectivity index (χ1n) is 4.98. The molecule has 0 fully saturated rings. The van der Waals surface area contributed by atoms with Crippen LogP contribution in [0.5, 0.6) is 0 Å². The maximum atomic E-state index is 12.1. The summed E-state index contributed by atoms with van der Waals surface area (Å²) in [7, 11) is 0. The lowest BCUT2D eigenvalue weighted by Crippen LogP contribution is -2.05. The van der Waals surface area contributed by atoms with E-state index >= 15 is 0 Å². The van der Waals surface area contributed by atoms with Crippen LogP contribution < -0.4 is 0 Å². The smallest absolute Gasteiger partial charge is 0.280 e. The predicted octanol–water partition coefficient (Wildman–Crippen LogP) is 2.87. The number of carbonyl (C=O) groups excluding carboxylic acids is 1. The van der Waals surface area contributed by atoms with Gasteiger partial charge in [-0.2, -0.15) is 0 Å². The Morgan fingerprint density at radius 3 is 2.72 bits per heavy atom. The summed E-state index contributed by atoms with van der Waals surface area (Å²) < 4.78 is 0. The molecular weight excluding hydrogens is 256 g/mol. The second-order valence-electron chi connectivity index (χ2n) is 3.49. The lowest BCUT2D eigenvalue weighted by Gasteiger charge is -2.02. The first-order chi connectivity index (χ1) is 8.59. The second-order valence-corrected chi connectivity index (χ2v) is 3.93. The molecule has 0 aliphatic heterocycles. The number of aromatic nitrogens is 1. The SMILES string of the molecule is O=C(c1cccnc1)c1cc(Cl)ccc1[N+](=O)[O-]. The Morgan fingerprint density at radius 1 is 1.33 bits per heavy atom. The van der Waals surface area contributed by atoms with Crippen molar-refractivity contribution in [2.75, 3.05) is 0 Å². The molecule has 18 heavy (non-hydrogen) atoms. The highest BCUT2D eigenvalue weighted by Crippen LogP contribution is 2.24. The van der Waals surface area contributed by atoms with Gasteiger partial charge in [0.05, 0.1) is 4.92 Å². The first-order valence-corrected chi connectivity index (χ1v) is 5.36. The monoisotopic (exact) mass is 262 g/mol. The number of carbonyl (C=O) groups is 1. The Labute approximate surface area is 107 Å². The van der Waals surface area contributed by atoms with Crippen LogP contribution in [0.4, 0.5) is 5.69 Å². The van der Waals surface area contributed by atoms with Gasteiger partial charge in [0.25, 0.3) is 5.69 Å². The van der Waals surface area contributed by atoms with Gasteiger partial charge in [0, 0.05) is 29.0 Å². The Morgan fingerprint density at radius 2 is 2.11 bits per heavy atom. The number of nitro groups is 1. The number of nitrogens with zero attached hydrogens (tertiary/aromatic N) is 2. The largest absolute Gasteiger partial charge is 0.288 e. The van der Waals surface area contributed by atoms with Crippen molar-refractivity contribution in [1.82, 2.24) is 4.98 Å². The molecule has 2 aromatic rings. The minimum Gasteiger partial charge on any atom is -0.288 e. The van der Waals surface area contributed by atoms with E-state index in [1.54, 1.807) is 12.1 Å². The van der Waals surface area contributed by atoms with E-state index in [4.69, 9.17) is 11.6 Å². The lowest BCUT2D eigenvalue weighted by atomic mass is 10.0. The highest BCUT2D eigenvalue weighted by molar-refractivity contribution is 6.31. The zero-order chi connectivity index (χ0) is 13.1. The zero-order valence-electron chi connectivity index (χ0n) is 9.04. The van der Waals surface area contributed by atoms with E-state index in [0.717, 1.165) is 0 Å². The van der Waals surface area contributed by atoms with Crippen molar-refractivity contribution in [1.29, 1.82) is 0 Å². The van der Waals surface area contributed by atoms with E-state index in [0.29, 0.717) is 0 Å². The third-order valence-electron chi connectivity index (χ3n) is 2.32. The van der Waals surface area contributed by atoms with Crippen LogP contribution in [0.15, 0.2) is 42.7 Å². The summed E-state index contributed by atoms with van der Waals surface area (Å²) in [6.07, 6.45) is 2.87. The molecule has 2 rings (SSSR count). The molecule has 0 aliphatic carbocycles. The highest BCUT2D eigenvalue weighted by atomic mass is 35.5. The van der Waals surface area contributed by atoms with Gasteiger partial charge in [0.2, 0.25) is 5.78 Å². The van der Waals surface area contributed by atoms with Crippen molar-refractivity contribution in [2.24, 2.45) is 0 Å². The summed E-state index contributed by atoms with van der Waals surface area (Å²) in [4.78, 5) is 26.2. The summed E-state index contributed by atoms with van der Waals surface area (Å²) in [5.41, 5.74) is -0.0309. The summed E-state index contributed by atoms with van der Waals surface area (Å²) in [5.74, 6) is -0.475. The molecule has 0 saturated carbocycles. The van der Waals surface area contributed by atoms with Gasteiger partial charge >= 0.3 is 0 Å². The van der Waals surface area contributed by atoms with E-state index < -0.39 is 10.7 Å². The van der Waals surface area contributed by atoms with Gasteiger partial charge in [-0.25, -0.2) is 0 Å². The molecule has 0 N–H and O–H groups in total. The summed E-state index contributed by atoms with van der Waals surface area (Å²) in [5, 5.41) is 11.1. The molecule has 0 atom stereocenters. The maximum absolute atomic E-state index is 12.1. The number of rotatable bonds is 3. The number of pyridine rings is 1. The molecule has 0 aliphatic rings. The molecule has 1 heterocycles. The van der Waals surface area contributed by atoms with E-state index in [-0.39, 0.29) is 21.8 Å². The maximum Gasteiger partial charge on any atom is 0.280 e. The molecule has 0 saturated heterocycles. The molecule has 0 radical (unpaired) electrons. The third kappa shape index (κ3) is 2.36. The van der Waals surface area contributed by atoms with E-state index in [1.807, 2.05) is 0 Å². The first kappa shape index (κ1) is 12.2. The molecule has 5 nitrogen and oxygen atoms in total. The molecular formula is C12H7ClN2O3. The normalized spacial score (nSPS) is 10.1. The van der Waals surface area contributed by atoms with Gasteiger partial charge in [0.1, 0.15) is 5.56 Å². The average molecular weight is 263 g/mol. The highest BCUT2D eigenvalue weighted by Gasteiger charge is 2.21. The Balaban J connectivity index is 2.54. The van der Waals surface area contributed by atoms with Crippen molar-refractivity contribution >= 4 is 23.1 Å². The van der Waals surface area contributed by atoms with Crippen LogP contribution in [-0.2, 0) is 0 Å².